The second kappa shape index (κ2) is 12.9. The van der Waals surface area contributed by atoms with Crippen molar-refractivity contribution >= 4 is 62.7 Å². The fraction of sp³-hybridized carbons (Fsp3) is 0.400. The number of benzene rings is 1. The Hall–Kier alpha value is -1.50. The summed E-state index contributed by atoms with van der Waals surface area (Å²) in [4.78, 5) is 26.9. The predicted molar refractivity (Wildman–Crippen MR) is 122 cm³/mol. The second-order valence-electron chi connectivity index (χ2n) is 4.93. The van der Waals surface area contributed by atoms with E-state index in [4.69, 9.17) is 20.9 Å². The monoisotopic (exact) mass is 479 g/mol. The summed E-state index contributed by atoms with van der Waals surface area (Å²) >= 11 is 7.87. The Labute approximate surface area is 181 Å². The first-order chi connectivity index (χ1) is 13.8. The maximum absolute atomic E-state index is 12.2. The molecule has 29 heavy (non-hydrogen) atoms. The van der Waals surface area contributed by atoms with Gasteiger partial charge in [-0.3, -0.25) is 9.63 Å². The Bertz CT molecular complexity index is 947. The summed E-state index contributed by atoms with van der Waals surface area (Å²) in [5.74, 6) is 0.246. The van der Waals surface area contributed by atoms with Crippen molar-refractivity contribution in [2.45, 2.75) is 12.8 Å². The number of nitrogens with zero attached hydrogens (tertiary/aromatic N) is 4. The Morgan fingerprint density at radius 2 is 2.00 bits per heavy atom. The van der Waals surface area contributed by atoms with Gasteiger partial charge in [-0.05, 0) is 48.5 Å². The second-order valence-corrected chi connectivity index (χ2v) is 12.4. The lowest BCUT2D eigenvalue weighted by Crippen LogP contribution is -2.23. The average molecular weight is 480 g/mol. The molecule has 0 aliphatic carbocycles. The van der Waals surface area contributed by atoms with Crippen LogP contribution in [0.3, 0.4) is 0 Å². The summed E-state index contributed by atoms with van der Waals surface area (Å²) < 4.78 is 11.5. The number of thioether (sulfide) groups is 1. The van der Waals surface area contributed by atoms with Crippen molar-refractivity contribution in [1.29, 1.82) is 0 Å². The molecule has 0 atom stereocenters. The lowest BCUT2D eigenvalue weighted by Gasteiger charge is -2.16. The summed E-state index contributed by atoms with van der Waals surface area (Å²) in [6, 6.07) is 7.06. The summed E-state index contributed by atoms with van der Waals surface area (Å²) in [7, 11) is 4.46. The SMILES string of the molecule is CNC(=O)O/N=C(\C)SC.COP(=S)(OC)SCn1nnc2ccccc2c1=O. The van der Waals surface area contributed by atoms with Gasteiger partial charge in [0.25, 0.3) is 5.56 Å². The van der Waals surface area contributed by atoms with E-state index in [9.17, 15) is 9.59 Å². The Balaban J connectivity index is 0.000000359. The number of fused-ring (bicyclic) bond motifs is 1. The van der Waals surface area contributed by atoms with Crippen LogP contribution in [0.4, 0.5) is 4.79 Å². The zero-order valence-corrected chi connectivity index (χ0v) is 19.9. The number of carbonyl (C=O) groups is 1. The topological polar surface area (TPSA) is 117 Å². The van der Waals surface area contributed by atoms with Crippen LogP contribution in [0.25, 0.3) is 10.9 Å². The molecule has 0 aliphatic heterocycles. The maximum Gasteiger partial charge on any atom is 0.433 e. The first kappa shape index (κ1) is 25.5. The third-order valence-corrected chi connectivity index (χ3v) is 9.44. The molecule has 1 aromatic heterocycles. The van der Waals surface area contributed by atoms with E-state index in [1.54, 1.807) is 25.1 Å². The van der Waals surface area contributed by atoms with Crippen LogP contribution in [0, 0.1) is 0 Å². The van der Waals surface area contributed by atoms with E-state index in [1.807, 2.05) is 12.3 Å². The minimum atomic E-state index is -2.40. The molecule has 0 spiro atoms. The first-order valence-corrected chi connectivity index (χ1v) is 13.4. The van der Waals surface area contributed by atoms with Gasteiger partial charge >= 0.3 is 6.09 Å². The average Bonchev–Trinajstić information content (AvgIpc) is 2.77. The third kappa shape index (κ3) is 8.41. The molecule has 1 heterocycles. The Kier molecular flexibility index (Phi) is 11.4. The molecule has 14 heteroatoms. The van der Waals surface area contributed by atoms with Crippen molar-refractivity contribution in [3.8, 4) is 0 Å². The molecule has 0 saturated heterocycles. The molecule has 10 nitrogen and oxygen atoms in total. The number of amides is 1. The molecule has 1 amide bonds. The van der Waals surface area contributed by atoms with Crippen LogP contribution in [0.5, 0.6) is 0 Å². The largest absolute Gasteiger partial charge is 0.433 e. The molecule has 1 aromatic carbocycles. The highest BCUT2D eigenvalue weighted by Crippen LogP contribution is 2.60. The van der Waals surface area contributed by atoms with Crippen molar-refractivity contribution in [2.24, 2.45) is 5.16 Å². The number of oxime groups is 1. The van der Waals surface area contributed by atoms with Gasteiger partial charge in [0.1, 0.15) is 16.4 Å². The normalized spacial score (nSPS) is 11.6. The van der Waals surface area contributed by atoms with E-state index in [-0.39, 0.29) is 11.4 Å². The number of carbonyl (C=O) groups excluding carboxylic acids is 1. The van der Waals surface area contributed by atoms with Gasteiger partial charge in [-0.25, -0.2) is 4.79 Å². The van der Waals surface area contributed by atoms with Gasteiger partial charge in [-0.1, -0.05) is 22.5 Å². The minimum absolute atomic E-state index is 0.202. The van der Waals surface area contributed by atoms with Crippen LogP contribution in [0.1, 0.15) is 6.92 Å². The smallest absolute Gasteiger partial charge is 0.325 e. The van der Waals surface area contributed by atoms with Crippen LogP contribution in [-0.2, 0) is 31.6 Å². The number of hydrogen-bond donors (Lipinski definition) is 1. The van der Waals surface area contributed by atoms with Gasteiger partial charge in [0, 0.05) is 21.3 Å². The quantitative estimate of drug-likeness (QED) is 0.218. The number of hydrogen-bond acceptors (Lipinski definition) is 11. The highest BCUT2D eigenvalue weighted by Gasteiger charge is 2.17. The molecule has 0 saturated carbocycles. The van der Waals surface area contributed by atoms with Gasteiger partial charge < -0.3 is 14.4 Å². The first-order valence-electron chi connectivity index (χ1n) is 7.96. The van der Waals surface area contributed by atoms with Crippen LogP contribution in [-0.4, -0.2) is 53.7 Å². The van der Waals surface area contributed by atoms with E-state index < -0.39 is 11.8 Å². The maximum atomic E-state index is 12.2. The zero-order chi connectivity index (χ0) is 21.9. The molecule has 2 aromatic rings. The predicted octanol–water partition coefficient (Wildman–Crippen LogP) is 3.04. The number of nitrogens with one attached hydrogen (secondary N) is 1. The lowest BCUT2D eigenvalue weighted by molar-refractivity contribution is 0.153. The Morgan fingerprint density at radius 3 is 2.59 bits per heavy atom. The van der Waals surface area contributed by atoms with Crippen molar-refractivity contribution in [1.82, 2.24) is 20.3 Å². The van der Waals surface area contributed by atoms with Crippen molar-refractivity contribution < 1.29 is 18.7 Å². The van der Waals surface area contributed by atoms with E-state index in [1.165, 1.54) is 49.1 Å². The molecule has 0 unspecified atom stereocenters. The van der Waals surface area contributed by atoms with Gasteiger partial charge in [0.15, 0.2) is 0 Å². The van der Waals surface area contributed by atoms with E-state index >= 15 is 0 Å². The highest BCUT2D eigenvalue weighted by atomic mass is 32.9. The molecule has 0 aliphatic rings. The molecular weight excluding hydrogens is 457 g/mol. The summed E-state index contributed by atoms with van der Waals surface area (Å²) in [6.07, 6.45) is 1.31. The number of rotatable bonds is 6. The van der Waals surface area contributed by atoms with Gasteiger partial charge in [0.05, 0.1) is 5.39 Å². The minimum Gasteiger partial charge on any atom is -0.325 e. The van der Waals surface area contributed by atoms with E-state index in [2.05, 4.69) is 25.6 Å². The summed E-state index contributed by atoms with van der Waals surface area (Å²) in [6.45, 7) is 1.76. The van der Waals surface area contributed by atoms with Crippen molar-refractivity contribution in [3.05, 3.63) is 34.6 Å². The lowest BCUT2D eigenvalue weighted by atomic mass is 10.2. The molecule has 2 rings (SSSR count). The molecule has 0 radical (unpaired) electrons. The summed E-state index contributed by atoms with van der Waals surface area (Å²) in [5.41, 5.74) is -2.03. The van der Waals surface area contributed by atoms with Crippen LogP contribution in [0.15, 0.2) is 34.2 Å². The molecule has 1 N–H and O–H groups in total. The van der Waals surface area contributed by atoms with Crippen LogP contribution in [0.2, 0.25) is 0 Å². The summed E-state index contributed by atoms with van der Waals surface area (Å²) in [5, 5.41) is 14.9. The van der Waals surface area contributed by atoms with Gasteiger partial charge in [0.2, 0.25) is 5.69 Å². The van der Waals surface area contributed by atoms with Gasteiger partial charge in [-0.2, -0.15) is 4.68 Å². The van der Waals surface area contributed by atoms with E-state index in [0.29, 0.717) is 15.9 Å². The third-order valence-electron chi connectivity index (χ3n) is 3.17. The molecule has 0 fully saturated rings. The fourth-order valence-corrected chi connectivity index (χ4v) is 4.30. The Morgan fingerprint density at radius 1 is 1.34 bits per heavy atom. The molecule has 160 valence electrons. The van der Waals surface area contributed by atoms with Crippen molar-refractivity contribution in [3.63, 3.8) is 0 Å². The van der Waals surface area contributed by atoms with Crippen LogP contribution >= 0.6 is 28.8 Å². The van der Waals surface area contributed by atoms with E-state index in [0.717, 1.165) is 0 Å². The zero-order valence-electron chi connectivity index (χ0n) is 16.5. The standard InChI is InChI=1S/C10H12N3O3PS2.C5H10N2O2S/c1-15-17(18,16-2)19-7-13-10(14)8-5-3-4-6-9(8)11-12-13;1-4(10-3)7-9-5(8)6-2/h3-6H,7H2,1-2H3;1-3H3,(H,6,8)/b;7-4+. The van der Waals surface area contributed by atoms with Crippen LogP contribution < -0.4 is 10.9 Å². The molecule has 0 bridgehead atoms. The van der Waals surface area contributed by atoms with Crippen molar-refractivity contribution in [2.75, 3.05) is 27.5 Å². The highest BCUT2D eigenvalue weighted by molar-refractivity contribution is 8.67. The van der Waals surface area contributed by atoms with Gasteiger partial charge in [-0.15, -0.1) is 16.9 Å². The fourth-order valence-electron chi connectivity index (χ4n) is 1.60. The molecular formula is C15H22N5O5PS3. The number of aromatic nitrogens is 3.